The van der Waals surface area contributed by atoms with E-state index < -0.39 is 0 Å². The minimum absolute atomic E-state index is 0.112. The lowest BCUT2D eigenvalue weighted by Gasteiger charge is -2.37. The van der Waals surface area contributed by atoms with Crippen LogP contribution in [-0.4, -0.2) is 35.4 Å². The first-order valence-corrected chi connectivity index (χ1v) is 8.29. The van der Waals surface area contributed by atoms with Gasteiger partial charge in [0.25, 0.3) is 5.91 Å². The van der Waals surface area contributed by atoms with Crippen LogP contribution in [0.15, 0.2) is 24.3 Å². The van der Waals surface area contributed by atoms with Gasteiger partial charge in [0.2, 0.25) is 0 Å². The van der Waals surface area contributed by atoms with Crippen LogP contribution in [0.1, 0.15) is 49.9 Å². The lowest BCUT2D eigenvalue weighted by Crippen LogP contribution is -2.44. The zero-order valence-corrected chi connectivity index (χ0v) is 13.6. The fourth-order valence-corrected chi connectivity index (χ4v) is 2.61. The summed E-state index contributed by atoms with van der Waals surface area (Å²) in [6, 6.07) is 7.84. The van der Waals surface area contributed by atoms with Gasteiger partial charge in [-0.2, -0.15) is 0 Å². The predicted molar refractivity (Wildman–Crippen MR) is 86.2 cm³/mol. The van der Waals surface area contributed by atoms with Gasteiger partial charge in [0.05, 0.1) is 6.10 Å². The van der Waals surface area contributed by atoms with E-state index in [2.05, 4.69) is 0 Å². The van der Waals surface area contributed by atoms with E-state index in [0.717, 1.165) is 37.1 Å². The van der Waals surface area contributed by atoms with Crippen LogP contribution in [0.4, 0.5) is 0 Å². The number of rotatable bonds is 7. The first kappa shape index (κ1) is 16.2. The molecule has 4 heteroatoms. The molecule has 0 bridgehead atoms. The van der Waals surface area contributed by atoms with Crippen molar-refractivity contribution in [2.24, 2.45) is 0 Å². The third-order valence-corrected chi connectivity index (χ3v) is 4.05. The highest BCUT2D eigenvalue weighted by atomic mass is 35.5. The number of carbonyl (C=O) groups excluding carboxylic acids is 1. The van der Waals surface area contributed by atoms with Gasteiger partial charge in [-0.05, 0) is 63.8 Å². The second kappa shape index (κ2) is 7.69. The van der Waals surface area contributed by atoms with Gasteiger partial charge in [-0.3, -0.25) is 4.79 Å². The average molecular weight is 310 g/mol. The predicted octanol–water partition coefficient (Wildman–Crippen LogP) is 4.10. The van der Waals surface area contributed by atoms with Crippen molar-refractivity contribution >= 4 is 17.5 Å². The Balaban J connectivity index is 2.04. The molecule has 0 N–H and O–H groups in total. The van der Waals surface area contributed by atoms with Crippen LogP contribution in [0, 0.1) is 0 Å². The molecule has 0 unspecified atom stereocenters. The number of halogens is 1. The Morgan fingerprint density at radius 3 is 2.48 bits per heavy atom. The van der Waals surface area contributed by atoms with Crippen molar-refractivity contribution in [3.05, 3.63) is 29.8 Å². The number of hydrogen-bond donors (Lipinski definition) is 0. The molecule has 1 aromatic carbocycles. The van der Waals surface area contributed by atoms with Crippen LogP contribution < -0.4 is 4.74 Å². The minimum atomic E-state index is 0.112. The molecule has 0 saturated heterocycles. The van der Waals surface area contributed by atoms with E-state index in [0.29, 0.717) is 11.9 Å². The highest BCUT2D eigenvalue weighted by Crippen LogP contribution is 2.27. The maximum atomic E-state index is 12.7. The molecule has 2 rings (SSSR count). The summed E-state index contributed by atoms with van der Waals surface area (Å²) in [7, 11) is 0. The second-order valence-electron chi connectivity index (χ2n) is 5.82. The van der Waals surface area contributed by atoms with Gasteiger partial charge in [-0.15, -0.1) is 11.6 Å². The number of hydrogen-bond acceptors (Lipinski definition) is 2. The number of benzene rings is 1. The summed E-state index contributed by atoms with van der Waals surface area (Å²) in [6.07, 6.45) is 4.43. The average Bonchev–Trinajstić information content (AvgIpc) is 2.40. The Labute approximate surface area is 132 Å². The molecule has 0 radical (unpaired) electrons. The third kappa shape index (κ3) is 4.37. The largest absolute Gasteiger partial charge is 0.491 e. The van der Waals surface area contributed by atoms with E-state index in [4.69, 9.17) is 16.3 Å². The molecule has 1 amide bonds. The standard InChI is InChI=1S/C17H24ClNO2/c1-13(2)21-16-9-7-14(8-10-16)17(20)19(12-4-11-18)15-5-3-6-15/h7-10,13,15H,3-6,11-12H2,1-2H3. The van der Waals surface area contributed by atoms with E-state index in [1.807, 2.05) is 43.0 Å². The molecule has 0 aromatic heterocycles. The van der Waals surface area contributed by atoms with Gasteiger partial charge in [0.1, 0.15) is 5.75 Å². The summed E-state index contributed by atoms with van der Waals surface area (Å²) in [5, 5.41) is 0. The van der Waals surface area contributed by atoms with Crippen LogP contribution in [0.2, 0.25) is 0 Å². The van der Waals surface area contributed by atoms with Crippen LogP contribution in [0.25, 0.3) is 0 Å². The van der Waals surface area contributed by atoms with Gasteiger partial charge in [0.15, 0.2) is 0 Å². The van der Waals surface area contributed by atoms with Gasteiger partial charge in [-0.1, -0.05) is 0 Å². The third-order valence-electron chi connectivity index (χ3n) is 3.78. The second-order valence-corrected chi connectivity index (χ2v) is 6.19. The van der Waals surface area contributed by atoms with Crippen molar-refractivity contribution in [2.45, 2.75) is 51.7 Å². The highest BCUT2D eigenvalue weighted by Gasteiger charge is 2.28. The molecule has 1 aromatic rings. The molecule has 0 spiro atoms. The first-order chi connectivity index (χ1) is 10.1. The van der Waals surface area contributed by atoms with Gasteiger partial charge >= 0.3 is 0 Å². The van der Waals surface area contributed by atoms with Crippen molar-refractivity contribution in [3.8, 4) is 5.75 Å². The van der Waals surface area contributed by atoms with Gasteiger partial charge in [-0.25, -0.2) is 0 Å². The molecule has 1 aliphatic rings. The fourth-order valence-electron chi connectivity index (χ4n) is 2.49. The number of ether oxygens (including phenoxy) is 1. The van der Waals surface area contributed by atoms with Crippen LogP contribution >= 0.6 is 11.6 Å². The van der Waals surface area contributed by atoms with Crippen molar-refractivity contribution in [1.29, 1.82) is 0 Å². The van der Waals surface area contributed by atoms with Crippen LogP contribution in [-0.2, 0) is 0 Å². The fraction of sp³-hybridized carbons (Fsp3) is 0.588. The van der Waals surface area contributed by atoms with Crippen molar-refractivity contribution in [3.63, 3.8) is 0 Å². The number of amides is 1. The van der Waals surface area contributed by atoms with E-state index >= 15 is 0 Å². The Morgan fingerprint density at radius 2 is 2.00 bits per heavy atom. The molecule has 1 aliphatic carbocycles. The Hall–Kier alpha value is -1.22. The van der Waals surface area contributed by atoms with E-state index in [1.54, 1.807) is 0 Å². The molecular weight excluding hydrogens is 286 g/mol. The molecule has 1 saturated carbocycles. The molecular formula is C17H24ClNO2. The number of alkyl halides is 1. The smallest absolute Gasteiger partial charge is 0.254 e. The summed E-state index contributed by atoms with van der Waals surface area (Å²) in [6.45, 7) is 4.73. The summed E-state index contributed by atoms with van der Waals surface area (Å²) >= 11 is 5.78. The molecule has 0 atom stereocenters. The van der Waals surface area contributed by atoms with E-state index in [1.165, 1.54) is 6.42 Å². The Bertz CT molecular complexity index is 454. The van der Waals surface area contributed by atoms with Crippen LogP contribution in [0.3, 0.4) is 0 Å². The summed E-state index contributed by atoms with van der Waals surface area (Å²) < 4.78 is 5.61. The van der Waals surface area contributed by atoms with Crippen molar-refractivity contribution in [2.75, 3.05) is 12.4 Å². The lowest BCUT2D eigenvalue weighted by atomic mass is 9.91. The summed E-state index contributed by atoms with van der Waals surface area (Å²) in [4.78, 5) is 14.7. The van der Waals surface area contributed by atoms with Crippen LogP contribution in [0.5, 0.6) is 5.75 Å². The first-order valence-electron chi connectivity index (χ1n) is 7.75. The van der Waals surface area contributed by atoms with E-state index in [-0.39, 0.29) is 12.0 Å². The van der Waals surface area contributed by atoms with Gasteiger partial charge < -0.3 is 9.64 Å². The maximum Gasteiger partial charge on any atom is 0.254 e. The zero-order valence-electron chi connectivity index (χ0n) is 12.8. The van der Waals surface area contributed by atoms with Gasteiger partial charge in [0, 0.05) is 24.0 Å². The Kier molecular flexibility index (Phi) is 5.92. The molecule has 0 heterocycles. The quantitative estimate of drug-likeness (QED) is 0.710. The molecule has 116 valence electrons. The molecule has 21 heavy (non-hydrogen) atoms. The highest BCUT2D eigenvalue weighted by molar-refractivity contribution is 6.17. The normalized spacial score (nSPS) is 14.9. The zero-order chi connectivity index (χ0) is 15.2. The number of nitrogens with zero attached hydrogens (tertiary/aromatic N) is 1. The molecule has 3 nitrogen and oxygen atoms in total. The maximum absolute atomic E-state index is 12.7. The SMILES string of the molecule is CC(C)Oc1ccc(C(=O)N(CCCCl)C2CCC2)cc1. The molecule has 0 aliphatic heterocycles. The topological polar surface area (TPSA) is 29.5 Å². The Morgan fingerprint density at radius 1 is 1.33 bits per heavy atom. The number of carbonyl (C=O) groups is 1. The van der Waals surface area contributed by atoms with Crippen molar-refractivity contribution in [1.82, 2.24) is 4.90 Å². The van der Waals surface area contributed by atoms with E-state index in [9.17, 15) is 4.79 Å². The monoisotopic (exact) mass is 309 g/mol. The summed E-state index contributed by atoms with van der Waals surface area (Å²) in [5.41, 5.74) is 0.729. The lowest BCUT2D eigenvalue weighted by molar-refractivity contribution is 0.0581. The molecule has 1 fully saturated rings. The van der Waals surface area contributed by atoms with Crippen molar-refractivity contribution < 1.29 is 9.53 Å². The summed E-state index contributed by atoms with van der Waals surface area (Å²) in [5.74, 6) is 1.51. The minimum Gasteiger partial charge on any atom is -0.491 e.